The molecule has 0 bridgehead atoms. The minimum absolute atomic E-state index is 0.132. The third kappa shape index (κ3) is 3.35. The van der Waals surface area contributed by atoms with Crippen LogP contribution in [-0.2, 0) is 11.2 Å². The molecule has 0 aliphatic heterocycles. The summed E-state index contributed by atoms with van der Waals surface area (Å²) in [7, 11) is 0. The number of pyridine rings is 1. The Balaban J connectivity index is 1.75. The van der Waals surface area contributed by atoms with Crippen LogP contribution >= 0.6 is 0 Å². The minimum Gasteiger partial charge on any atom is -0.508 e. The van der Waals surface area contributed by atoms with Crippen LogP contribution in [0.25, 0.3) is 5.65 Å². The summed E-state index contributed by atoms with van der Waals surface area (Å²) in [4.78, 5) is 28.1. The number of benzene rings is 1. The minimum atomic E-state index is -0.847. The van der Waals surface area contributed by atoms with Crippen LogP contribution < -0.4 is 11.1 Å². The van der Waals surface area contributed by atoms with Crippen molar-refractivity contribution in [3.63, 3.8) is 0 Å². The average Bonchev–Trinajstić information content (AvgIpc) is 3.03. The van der Waals surface area contributed by atoms with E-state index in [4.69, 9.17) is 5.73 Å². The number of imidazole rings is 1. The number of fused-ring (bicyclic) bond motifs is 1. The van der Waals surface area contributed by atoms with Gasteiger partial charge in [0.25, 0.3) is 5.91 Å². The molecule has 24 heavy (non-hydrogen) atoms. The quantitative estimate of drug-likeness (QED) is 0.646. The van der Waals surface area contributed by atoms with Crippen molar-refractivity contribution in [3.05, 3.63) is 66.1 Å². The Morgan fingerprint density at radius 3 is 2.67 bits per heavy atom. The molecule has 1 atom stereocenters. The summed E-state index contributed by atoms with van der Waals surface area (Å²) in [6.07, 6.45) is 5.24. The maximum Gasteiger partial charge on any atom is 0.253 e. The van der Waals surface area contributed by atoms with E-state index in [-0.39, 0.29) is 12.2 Å². The van der Waals surface area contributed by atoms with Gasteiger partial charge in [0.1, 0.15) is 17.4 Å². The second-order valence-electron chi connectivity index (χ2n) is 5.41. The molecule has 0 aliphatic rings. The number of aromatic nitrogens is 2. The van der Waals surface area contributed by atoms with Gasteiger partial charge in [0.05, 0.1) is 5.56 Å². The lowest BCUT2D eigenvalue weighted by atomic mass is 10.0. The molecule has 0 spiro atoms. The lowest BCUT2D eigenvalue weighted by molar-refractivity contribution is -0.119. The molecule has 0 unspecified atom stereocenters. The van der Waals surface area contributed by atoms with Crippen molar-refractivity contribution >= 4 is 17.5 Å². The fourth-order valence-corrected chi connectivity index (χ4v) is 2.39. The Hall–Kier alpha value is -3.35. The number of aromatic hydroxyl groups is 1. The normalized spacial score (nSPS) is 12.0. The van der Waals surface area contributed by atoms with Gasteiger partial charge in [-0.15, -0.1) is 0 Å². The summed E-state index contributed by atoms with van der Waals surface area (Å²) in [5.74, 6) is -0.889. The summed E-state index contributed by atoms with van der Waals surface area (Å²) < 4.78 is 1.72. The number of hydrogen-bond donors (Lipinski definition) is 3. The smallest absolute Gasteiger partial charge is 0.253 e. The molecule has 1 aromatic carbocycles. The second kappa shape index (κ2) is 6.41. The highest BCUT2D eigenvalue weighted by Gasteiger charge is 2.19. The van der Waals surface area contributed by atoms with E-state index < -0.39 is 17.9 Å². The first kappa shape index (κ1) is 15.5. The van der Waals surface area contributed by atoms with Crippen LogP contribution in [0.15, 0.2) is 55.0 Å². The van der Waals surface area contributed by atoms with Crippen molar-refractivity contribution in [3.8, 4) is 5.75 Å². The number of nitrogens with one attached hydrogen (secondary N) is 1. The Bertz CT molecular complexity index is 886. The Labute approximate surface area is 137 Å². The van der Waals surface area contributed by atoms with E-state index in [0.717, 1.165) is 11.2 Å². The van der Waals surface area contributed by atoms with E-state index in [0.29, 0.717) is 5.56 Å². The zero-order valence-corrected chi connectivity index (χ0v) is 12.7. The standard InChI is InChI=1S/C17H16N4O3/c18-16(23)14(9-11-1-4-13(22)5-2-11)20-17(24)12-3-6-15-19-7-8-21(15)10-12/h1-8,10,14,22H,9H2,(H2,18,23)(H,20,24)/t14-/m0/s1. The van der Waals surface area contributed by atoms with E-state index >= 15 is 0 Å². The summed E-state index contributed by atoms with van der Waals surface area (Å²) >= 11 is 0. The molecule has 0 saturated heterocycles. The number of rotatable bonds is 5. The van der Waals surface area contributed by atoms with Crippen LogP contribution in [0, 0.1) is 0 Å². The number of carbonyl (C=O) groups is 2. The van der Waals surface area contributed by atoms with Crippen LogP contribution in [0.3, 0.4) is 0 Å². The molecular weight excluding hydrogens is 308 g/mol. The van der Waals surface area contributed by atoms with Crippen LogP contribution in [0.5, 0.6) is 5.75 Å². The van der Waals surface area contributed by atoms with Crippen LogP contribution in [0.4, 0.5) is 0 Å². The molecule has 2 heterocycles. The van der Waals surface area contributed by atoms with Crippen LogP contribution in [0.1, 0.15) is 15.9 Å². The SMILES string of the molecule is NC(=O)[C@H](Cc1ccc(O)cc1)NC(=O)c1ccc2nccn2c1. The van der Waals surface area contributed by atoms with Crippen molar-refractivity contribution in [1.29, 1.82) is 0 Å². The van der Waals surface area contributed by atoms with Gasteiger partial charge < -0.3 is 20.6 Å². The summed E-state index contributed by atoms with van der Waals surface area (Å²) in [5.41, 5.74) is 7.30. The van der Waals surface area contributed by atoms with Gasteiger partial charge in [0, 0.05) is 25.0 Å². The lowest BCUT2D eigenvalue weighted by Crippen LogP contribution is -2.45. The molecule has 3 aromatic rings. The monoisotopic (exact) mass is 324 g/mol. The van der Waals surface area contributed by atoms with E-state index in [2.05, 4.69) is 10.3 Å². The van der Waals surface area contributed by atoms with Gasteiger partial charge in [-0.1, -0.05) is 12.1 Å². The number of phenolic OH excluding ortho intramolecular Hbond substituents is 1. The number of nitrogens with zero attached hydrogens (tertiary/aromatic N) is 2. The number of phenols is 1. The highest BCUT2D eigenvalue weighted by Crippen LogP contribution is 2.12. The fraction of sp³-hybridized carbons (Fsp3) is 0.118. The largest absolute Gasteiger partial charge is 0.508 e. The summed E-state index contributed by atoms with van der Waals surface area (Å²) in [5, 5.41) is 11.9. The van der Waals surface area contributed by atoms with E-state index in [1.165, 1.54) is 12.1 Å². The van der Waals surface area contributed by atoms with Gasteiger partial charge in [-0.2, -0.15) is 0 Å². The number of hydrogen-bond acceptors (Lipinski definition) is 4. The second-order valence-corrected chi connectivity index (χ2v) is 5.41. The number of amides is 2. The molecule has 0 saturated carbocycles. The van der Waals surface area contributed by atoms with E-state index in [9.17, 15) is 14.7 Å². The topological polar surface area (TPSA) is 110 Å². The number of primary amides is 1. The maximum atomic E-state index is 12.4. The van der Waals surface area contributed by atoms with Gasteiger partial charge in [0.15, 0.2) is 0 Å². The van der Waals surface area contributed by atoms with Gasteiger partial charge in [0.2, 0.25) is 5.91 Å². The highest BCUT2D eigenvalue weighted by molar-refractivity contribution is 5.97. The first-order chi connectivity index (χ1) is 11.5. The van der Waals surface area contributed by atoms with Gasteiger partial charge >= 0.3 is 0 Å². The molecule has 7 nitrogen and oxygen atoms in total. The molecular formula is C17H16N4O3. The Morgan fingerprint density at radius 1 is 1.21 bits per heavy atom. The predicted octanol–water partition coefficient (Wildman–Crippen LogP) is 0.866. The Kier molecular flexibility index (Phi) is 4.15. The molecule has 0 aliphatic carbocycles. The lowest BCUT2D eigenvalue weighted by Gasteiger charge is -2.16. The molecule has 4 N–H and O–H groups in total. The van der Waals surface area contributed by atoms with Crippen LogP contribution in [-0.4, -0.2) is 32.3 Å². The number of nitrogens with two attached hydrogens (primary N) is 1. The number of carbonyl (C=O) groups excluding carboxylic acids is 2. The first-order valence-electron chi connectivity index (χ1n) is 7.34. The van der Waals surface area contributed by atoms with Gasteiger partial charge in [-0.25, -0.2) is 4.98 Å². The third-order valence-corrected chi connectivity index (χ3v) is 3.68. The maximum absolute atomic E-state index is 12.4. The molecule has 2 amide bonds. The average molecular weight is 324 g/mol. The summed E-state index contributed by atoms with van der Waals surface area (Å²) in [6.45, 7) is 0. The molecule has 2 aromatic heterocycles. The molecule has 122 valence electrons. The van der Waals surface area contributed by atoms with Crippen LogP contribution in [0.2, 0.25) is 0 Å². The van der Waals surface area contributed by atoms with Crippen molar-refractivity contribution in [2.24, 2.45) is 5.73 Å². The zero-order chi connectivity index (χ0) is 17.1. The summed E-state index contributed by atoms with van der Waals surface area (Å²) in [6, 6.07) is 8.89. The zero-order valence-electron chi connectivity index (χ0n) is 12.7. The molecule has 3 rings (SSSR count). The molecule has 0 fully saturated rings. The first-order valence-corrected chi connectivity index (χ1v) is 7.34. The van der Waals surface area contributed by atoms with Crippen molar-refractivity contribution in [2.45, 2.75) is 12.5 Å². The van der Waals surface area contributed by atoms with Crippen molar-refractivity contribution in [1.82, 2.24) is 14.7 Å². The van der Waals surface area contributed by atoms with Gasteiger partial charge in [-0.05, 0) is 29.8 Å². The fourth-order valence-electron chi connectivity index (χ4n) is 2.39. The molecule has 0 radical (unpaired) electrons. The van der Waals surface area contributed by atoms with Crippen molar-refractivity contribution < 1.29 is 14.7 Å². The molecule has 7 heteroatoms. The van der Waals surface area contributed by atoms with Gasteiger partial charge in [-0.3, -0.25) is 9.59 Å². The predicted molar refractivity (Wildman–Crippen MR) is 87.5 cm³/mol. The Morgan fingerprint density at radius 2 is 1.96 bits per heavy atom. The van der Waals surface area contributed by atoms with E-state index in [1.54, 1.807) is 47.3 Å². The highest BCUT2D eigenvalue weighted by atomic mass is 16.3. The third-order valence-electron chi connectivity index (χ3n) is 3.68. The van der Waals surface area contributed by atoms with Crippen molar-refractivity contribution in [2.75, 3.05) is 0 Å². The van der Waals surface area contributed by atoms with E-state index in [1.807, 2.05) is 0 Å².